The summed E-state index contributed by atoms with van der Waals surface area (Å²) in [7, 11) is 0. The number of nitrogens with zero attached hydrogens (tertiary/aromatic N) is 1. The molecular formula is C31H25F2NO3. The topological polar surface area (TPSA) is 49.8 Å². The average Bonchev–Trinajstić information content (AvgIpc) is 2.93. The lowest BCUT2D eigenvalue weighted by molar-refractivity contribution is -0.119. The minimum absolute atomic E-state index is 0.193. The van der Waals surface area contributed by atoms with Crippen LogP contribution in [0.2, 0.25) is 0 Å². The van der Waals surface area contributed by atoms with Gasteiger partial charge in [-0.25, -0.2) is 8.78 Å². The van der Waals surface area contributed by atoms with Crippen LogP contribution in [0.25, 0.3) is 0 Å². The van der Waals surface area contributed by atoms with Crippen molar-refractivity contribution in [3.63, 3.8) is 0 Å². The molecule has 1 heterocycles. The zero-order valence-corrected chi connectivity index (χ0v) is 19.9. The molecular weight excluding hydrogens is 472 g/mol. The molecule has 186 valence electrons. The predicted molar refractivity (Wildman–Crippen MR) is 138 cm³/mol. The molecule has 1 aliphatic rings. The van der Waals surface area contributed by atoms with Crippen molar-refractivity contribution in [3.05, 3.63) is 143 Å². The normalized spacial score (nSPS) is 16.9. The summed E-state index contributed by atoms with van der Waals surface area (Å²) in [5.41, 5.74) is 3.60. The Bertz CT molecular complexity index is 1390. The standard InChI is InChI=1S/C31H25F2NO3/c32-24-10-6-22(7-11-24)29(35)19-18-28-30(34(31(28)36)26-14-12-25(33)13-15-26)23-8-16-27(17-9-23)37-20-21-4-2-1-3-5-21/h1-18,29-30,35H,19-20H2/b28-18-/t29-,30+/m0/s1. The summed E-state index contributed by atoms with van der Waals surface area (Å²) in [4.78, 5) is 14.8. The number of hydrogen-bond acceptors (Lipinski definition) is 3. The van der Waals surface area contributed by atoms with E-state index in [2.05, 4.69) is 0 Å². The lowest BCUT2D eigenvalue weighted by Crippen LogP contribution is -2.49. The van der Waals surface area contributed by atoms with Crippen molar-refractivity contribution in [2.75, 3.05) is 4.90 Å². The molecule has 2 atom stereocenters. The largest absolute Gasteiger partial charge is 0.489 e. The van der Waals surface area contributed by atoms with Crippen LogP contribution in [-0.2, 0) is 11.4 Å². The second-order valence-corrected chi connectivity index (χ2v) is 8.86. The maximum atomic E-state index is 13.5. The van der Waals surface area contributed by atoms with Crippen molar-refractivity contribution < 1.29 is 23.4 Å². The van der Waals surface area contributed by atoms with Gasteiger partial charge in [0.2, 0.25) is 0 Å². The van der Waals surface area contributed by atoms with Crippen molar-refractivity contribution >= 4 is 11.6 Å². The Morgan fingerprint density at radius 1 is 0.838 bits per heavy atom. The summed E-state index contributed by atoms with van der Waals surface area (Å²) in [6, 6.07) is 28.4. The van der Waals surface area contributed by atoms with Gasteiger partial charge in [0.05, 0.1) is 12.1 Å². The van der Waals surface area contributed by atoms with E-state index in [1.807, 2.05) is 54.6 Å². The first-order valence-electron chi connectivity index (χ1n) is 12.0. The van der Waals surface area contributed by atoms with Crippen LogP contribution in [0.15, 0.2) is 115 Å². The highest BCUT2D eigenvalue weighted by Gasteiger charge is 2.43. The first kappa shape index (κ1) is 24.4. The Morgan fingerprint density at radius 3 is 2.11 bits per heavy atom. The third-order valence-corrected chi connectivity index (χ3v) is 6.38. The van der Waals surface area contributed by atoms with Crippen LogP contribution >= 0.6 is 0 Å². The maximum Gasteiger partial charge on any atom is 0.257 e. The number of amides is 1. The van der Waals surface area contributed by atoms with Gasteiger partial charge in [0.25, 0.3) is 5.91 Å². The van der Waals surface area contributed by atoms with Gasteiger partial charge < -0.3 is 9.84 Å². The van der Waals surface area contributed by atoms with Gasteiger partial charge >= 0.3 is 0 Å². The summed E-state index contributed by atoms with van der Waals surface area (Å²) in [5.74, 6) is -0.280. The number of anilines is 1. The average molecular weight is 498 g/mol. The van der Waals surface area contributed by atoms with Gasteiger partial charge in [0, 0.05) is 11.3 Å². The number of carbonyl (C=O) groups excluding carboxylic acids is 1. The van der Waals surface area contributed by atoms with Crippen LogP contribution in [0.4, 0.5) is 14.5 Å². The summed E-state index contributed by atoms with van der Waals surface area (Å²) >= 11 is 0. The van der Waals surface area contributed by atoms with Crippen molar-refractivity contribution in [2.24, 2.45) is 0 Å². The molecule has 0 aliphatic carbocycles. The number of hydrogen-bond donors (Lipinski definition) is 1. The second-order valence-electron chi connectivity index (χ2n) is 8.86. The molecule has 1 amide bonds. The highest BCUT2D eigenvalue weighted by molar-refractivity contribution is 6.15. The summed E-state index contributed by atoms with van der Waals surface area (Å²) in [6.07, 6.45) is 1.04. The monoisotopic (exact) mass is 497 g/mol. The third kappa shape index (κ3) is 5.44. The SMILES string of the molecule is O=C1/C(=C\C[C@H](O)c2ccc(F)cc2)[C@@H](c2ccc(OCc3ccccc3)cc2)N1c1ccc(F)cc1. The summed E-state index contributed by atoms with van der Waals surface area (Å²) in [5, 5.41) is 10.6. The van der Waals surface area contributed by atoms with Crippen LogP contribution in [0.1, 0.15) is 35.3 Å². The minimum atomic E-state index is -0.879. The van der Waals surface area contributed by atoms with Gasteiger partial charge in [-0.2, -0.15) is 0 Å². The Hall–Kier alpha value is -4.29. The first-order chi connectivity index (χ1) is 18.0. The summed E-state index contributed by atoms with van der Waals surface area (Å²) in [6.45, 7) is 0.441. The molecule has 4 aromatic rings. The molecule has 0 bridgehead atoms. The van der Waals surface area contributed by atoms with Gasteiger partial charge in [-0.05, 0) is 71.6 Å². The Kier molecular flexibility index (Phi) is 7.10. The van der Waals surface area contributed by atoms with Crippen LogP contribution < -0.4 is 9.64 Å². The molecule has 0 unspecified atom stereocenters. The molecule has 4 nitrogen and oxygen atoms in total. The smallest absolute Gasteiger partial charge is 0.257 e. The highest BCUT2D eigenvalue weighted by Crippen LogP contribution is 2.44. The Labute approximate surface area is 214 Å². The van der Waals surface area contributed by atoms with Gasteiger partial charge in [-0.3, -0.25) is 9.69 Å². The van der Waals surface area contributed by atoms with E-state index in [9.17, 15) is 18.7 Å². The fraction of sp³-hybridized carbons (Fsp3) is 0.129. The number of halogens is 2. The van der Waals surface area contributed by atoms with Crippen LogP contribution in [-0.4, -0.2) is 11.0 Å². The molecule has 0 spiro atoms. The quantitative estimate of drug-likeness (QED) is 0.218. The zero-order valence-electron chi connectivity index (χ0n) is 19.9. The number of β-lactam (4-membered cyclic amide) rings is 1. The van der Waals surface area contributed by atoms with E-state index in [0.717, 1.165) is 11.1 Å². The van der Waals surface area contributed by atoms with Gasteiger partial charge in [0.15, 0.2) is 0 Å². The highest BCUT2D eigenvalue weighted by atomic mass is 19.1. The van der Waals surface area contributed by atoms with E-state index in [1.54, 1.807) is 23.1 Å². The maximum absolute atomic E-state index is 13.5. The van der Waals surface area contributed by atoms with Gasteiger partial charge in [-0.1, -0.05) is 60.7 Å². The van der Waals surface area contributed by atoms with Crippen molar-refractivity contribution in [1.29, 1.82) is 0 Å². The van der Waals surface area contributed by atoms with E-state index in [4.69, 9.17) is 4.74 Å². The van der Waals surface area contributed by atoms with E-state index in [1.165, 1.54) is 36.4 Å². The van der Waals surface area contributed by atoms with Crippen LogP contribution in [0.5, 0.6) is 5.75 Å². The first-order valence-corrected chi connectivity index (χ1v) is 12.0. The molecule has 5 rings (SSSR count). The molecule has 1 aliphatic heterocycles. The molecule has 4 aromatic carbocycles. The van der Waals surface area contributed by atoms with Crippen molar-refractivity contribution in [2.45, 2.75) is 25.2 Å². The molecule has 0 saturated carbocycles. The number of aliphatic hydroxyl groups excluding tert-OH is 1. The Balaban J connectivity index is 1.37. The zero-order chi connectivity index (χ0) is 25.8. The fourth-order valence-electron chi connectivity index (χ4n) is 4.39. The number of rotatable bonds is 8. The summed E-state index contributed by atoms with van der Waals surface area (Å²) < 4.78 is 32.6. The number of aliphatic hydroxyl groups is 1. The Morgan fingerprint density at radius 2 is 1.46 bits per heavy atom. The van der Waals surface area contributed by atoms with Gasteiger partial charge in [-0.15, -0.1) is 0 Å². The van der Waals surface area contributed by atoms with E-state index in [-0.39, 0.29) is 24.0 Å². The van der Waals surface area contributed by atoms with Crippen LogP contribution in [0.3, 0.4) is 0 Å². The molecule has 1 N–H and O–H groups in total. The van der Waals surface area contributed by atoms with E-state index >= 15 is 0 Å². The van der Waals surface area contributed by atoms with E-state index in [0.29, 0.717) is 29.2 Å². The molecule has 0 radical (unpaired) electrons. The fourth-order valence-corrected chi connectivity index (χ4v) is 4.39. The molecule has 1 saturated heterocycles. The lowest BCUT2D eigenvalue weighted by atomic mass is 9.86. The second kappa shape index (κ2) is 10.8. The predicted octanol–water partition coefficient (Wildman–Crippen LogP) is 6.68. The lowest BCUT2D eigenvalue weighted by Gasteiger charge is -2.43. The van der Waals surface area contributed by atoms with Crippen molar-refractivity contribution in [3.8, 4) is 5.75 Å². The number of ether oxygens (including phenoxy) is 1. The molecule has 1 fully saturated rings. The third-order valence-electron chi connectivity index (χ3n) is 6.38. The molecule has 6 heteroatoms. The van der Waals surface area contributed by atoms with Crippen molar-refractivity contribution in [1.82, 2.24) is 0 Å². The minimum Gasteiger partial charge on any atom is -0.489 e. The number of carbonyl (C=O) groups is 1. The van der Waals surface area contributed by atoms with Crippen LogP contribution in [0, 0.1) is 11.6 Å². The number of benzene rings is 4. The van der Waals surface area contributed by atoms with Gasteiger partial charge in [0.1, 0.15) is 24.0 Å². The van der Waals surface area contributed by atoms with E-state index < -0.39 is 12.1 Å². The molecule has 0 aromatic heterocycles. The molecule has 37 heavy (non-hydrogen) atoms.